The normalized spacial score (nSPS) is 15.1. The molecule has 0 spiro atoms. The molecule has 3 amide bonds. The summed E-state index contributed by atoms with van der Waals surface area (Å²) in [6, 6.07) is 14.5. The second-order valence-corrected chi connectivity index (χ2v) is 5.15. The van der Waals surface area contributed by atoms with Crippen molar-refractivity contribution in [1.29, 1.82) is 0 Å². The Bertz CT molecular complexity index is 800. The Morgan fingerprint density at radius 3 is 2.46 bits per heavy atom. The lowest BCUT2D eigenvalue weighted by Crippen LogP contribution is -2.22. The zero-order valence-electron chi connectivity index (χ0n) is 13.0. The number of rotatable bonds is 5. The van der Waals surface area contributed by atoms with E-state index in [-0.39, 0.29) is 5.70 Å². The zero-order chi connectivity index (χ0) is 16.9. The average Bonchev–Trinajstić information content (AvgIpc) is 2.91. The zero-order valence-corrected chi connectivity index (χ0v) is 13.0. The molecule has 6 heteroatoms. The first kappa shape index (κ1) is 15.6. The summed E-state index contributed by atoms with van der Waals surface area (Å²) in [5.74, 6) is 0.691. The molecule has 1 aliphatic rings. The maximum atomic E-state index is 11.6. The lowest BCUT2D eigenvalue weighted by atomic mass is 10.1. The van der Waals surface area contributed by atoms with Crippen LogP contribution in [0.25, 0.3) is 6.08 Å². The molecule has 0 aromatic heterocycles. The molecule has 0 aliphatic carbocycles. The average molecular weight is 324 g/mol. The van der Waals surface area contributed by atoms with Crippen molar-refractivity contribution >= 4 is 18.0 Å². The van der Waals surface area contributed by atoms with Crippen molar-refractivity contribution in [2.45, 2.75) is 6.61 Å². The third-order valence-electron chi connectivity index (χ3n) is 3.46. The highest BCUT2D eigenvalue weighted by atomic mass is 16.5. The smallest absolute Gasteiger partial charge is 0.326 e. The standard InChI is InChI=1S/C18H16N2O4/c1-23-15-8-7-13(9-14-17(21)20-18(22)19-14)10-16(15)24-11-12-5-3-2-4-6-12/h2-10H,11H2,1H3,(H2,19,20,21,22). The van der Waals surface area contributed by atoms with E-state index in [1.54, 1.807) is 31.4 Å². The van der Waals surface area contributed by atoms with Crippen LogP contribution in [0, 0.1) is 0 Å². The molecule has 0 unspecified atom stereocenters. The van der Waals surface area contributed by atoms with E-state index in [1.165, 1.54) is 0 Å². The predicted molar refractivity (Wildman–Crippen MR) is 88.4 cm³/mol. The number of carbonyl (C=O) groups is 2. The summed E-state index contributed by atoms with van der Waals surface area (Å²) < 4.78 is 11.1. The molecule has 2 N–H and O–H groups in total. The van der Waals surface area contributed by atoms with Crippen LogP contribution in [0.5, 0.6) is 11.5 Å². The summed E-state index contributed by atoms with van der Waals surface area (Å²) >= 11 is 0. The Morgan fingerprint density at radius 1 is 1.00 bits per heavy atom. The van der Waals surface area contributed by atoms with E-state index in [0.29, 0.717) is 23.7 Å². The van der Waals surface area contributed by atoms with E-state index < -0.39 is 11.9 Å². The monoisotopic (exact) mass is 324 g/mol. The van der Waals surface area contributed by atoms with Crippen LogP contribution in [-0.2, 0) is 11.4 Å². The molecule has 1 saturated heterocycles. The summed E-state index contributed by atoms with van der Waals surface area (Å²) in [5, 5.41) is 4.61. The predicted octanol–water partition coefficient (Wildman–Crippen LogP) is 2.45. The highest BCUT2D eigenvalue weighted by Crippen LogP contribution is 2.29. The highest BCUT2D eigenvalue weighted by molar-refractivity contribution is 6.14. The molecule has 0 saturated carbocycles. The molecular weight excluding hydrogens is 308 g/mol. The Labute approximate surface area is 139 Å². The number of nitrogens with one attached hydrogen (secondary N) is 2. The van der Waals surface area contributed by atoms with Gasteiger partial charge < -0.3 is 14.8 Å². The van der Waals surface area contributed by atoms with Crippen LogP contribution in [0.4, 0.5) is 4.79 Å². The van der Waals surface area contributed by atoms with Gasteiger partial charge in [-0.25, -0.2) is 4.79 Å². The van der Waals surface area contributed by atoms with Crippen molar-refractivity contribution < 1.29 is 19.1 Å². The largest absolute Gasteiger partial charge is 0.493 e. The van der Waals surface area contributed by atoms with Crippen molar-refractivity contribution in [2.75, 3.05) is 7.11 Å². The summed E-state index contributed by atoms with van der Waals surface area (Å²) in [7, 11) is 1.56. The van der Waals surface area contributed by atoms with Crippen molar-refractivity contribution in [1.82, 2.24) is 10.6 Å². The minimum Gasteiger partial charge on any atom is -0.493 e. The Hall–Kier alpha value is -3.28. The van der Waals surface area contributed by atoms with Crippen LogP contribution in [0.2, 0.25) is 0 Å². The number of ether oxygens (including phenoxy) is 2. The number of hydrogen-bond donors (Lipinski definition) is 2. The van der Waals surface area contributed by atoms with Gasteiger partial charge in [-0.2, -0.15) is 0 Å². The molecule has 2 aromatic carbocycles. The van der Waals surface area contributed by atoms with Gasteiger partial charge in [0.05, 0.1) is 7.11 Å². The summed E-state index contributed by atoms with van der Waals surface area (Å²) in [6.45, 7) is 0.397. The molecule has 6 nitrogen and oxygen atoms in total. The van der Waals surface area contributed by atoms with Gasteiger partial charge in [0, 0.05) is 0 Å². The van der Waals surface area contributed by atoms with Gasteiger partial charge in [0.15, 0.2) is 11.5 Å². The fraction of sp³-hybridized carbons (Fsp3) is 0.111. The Balaban J connectivity index is 1.81. The first-order valence-electron chi connectivity index (χ1n) is 7.34. The number of imide groups is 1. The summed E-state index contributed by atoms with van der Waals surface area (Å²) in [6.07, 6.45) is 1.58. The molecule has 24 heavy (non-hydrogen) atoms. The van der Waals surface area contributed by atoms with E-state index in [1.807, 2.05) is 30.3 Å². The maximum absolute atomic E-state index is 11.6. The molecular formula is C18H16N2O4. The molecule has 122 valence electrons. The van der Waals surface area contributed by atoms with E-state index in [2.05, 4.69) is 10.6 Å². The van der Waals surface area contributed by atoms with Crippen LogP contribution in [-0.4, -0.2) is 19.0 Å². The third kappa shape index (κ3) is 3.55. The van der Waals surface area contributed by atoms with Crippen molar-refractivity contribution in [3.63, 3.8) is 0 Å². The SMILES string of the molecule is COc1ccc(C=C2NC(=O)NC2=O)cc1OCc1ccccc1. The number of benzene rings is 2. The van der Waals surface area contributed by atoms with Gasteiger partial charge in [-0.3, -0.25) is 10.1 Å². The number of urea groups is 1. The molecule has 2 aromatic rings. The van der Waals surface area contributed by atoms with Crippen molar-refractivity contribution in [2.24, 2.45) is 0 Å². The van der Waals surface area contributed by atoms with Crippen LogP contribution in [0.15, 0.2) is 54.2 Å². The molecule has 1 heterocycles. The van der Waals surface area contributed by atoms with Crippen LogP contribution < -0.4 is 20.1 Å². The van der Waals surface area contributed by atoms with Gasteiger partial charge in [-0.1, -0.05) is 36.4 Å². The maximum Gasteiger partial charge on any atom is 0.326 e. The number of methoxy groups -OCH3 is 1. The Kier molecular flexibility index (Phi) is 4.47. The van der Waals surface area contributed by atoms with E-state index >= 15 is 0 Å². The highest BCUT2D eigenvalue weighted by Gasteiger charge is 2.22. The third-order valence-corrected chi connectivity index (χ3v) is 3.46. The number of carbonyl (C=O) groups excluding carboxylic acids is 2. The first-order chi connectivity index (χ1) is 11.7. The Morgan fingerprint density at radius 2 is 1.79 bits per heavy atom. The molecule has 3 rings (SSSR count). The lowest BCUT2D eigenvalue weighted by molar-refractivity contribution is -0.115. The molecule has 1 aliphatic heterocycles. The van der Waals surface area contributed by atoms with Gasteiger partial charge in [0.2, 0.25) is 0 Å². The second-order valence-electron chi connectivity index (χ2n) is 5.15. The number of amides is 3. The lowest BCUT2D eigenvalue weighted by Gasteiger charge is -2.11. The van der Waals surface area contributed by atoms with Crippen LogP contribution >= 0.6 is 0 Å². The summed E-state index contributed by atoms with van der Waals surface area (Å²) in [4.78, 5) is 22.7. The topological polar surface area (TPSA) is 76.7 Å². The molecule has 0 radical (unpaired) electrons. The molecule has 0 bridgehead atoms. The quantitative estimate of drug-likeness (QED) is 0.654. The molecule has 0 atom stereocenters. The molecule has 1 fully saturated rings. The fourth-order valence-electron chi connectivity index (χ4n) is 2.28. The van der Waals surface area contributed by atoms with Crippen LogP contribution in [0.1, 0.15) is 11.1 Å². The van der Waals surface area contributed by atoms with Gasteiger partial charge in [0.1, 0.15) is 12.3 Å². The minimum absolute atomic E-state index is 0.194. The van der Waals surface area contributed by atoms with E-state index in [9.17, 15) is 9.59 Å². The van der Waals surface area contributed by atoms with Gasteiger partial charge >= 0.3 is 6.03 Å². The fourth-order valence-corrected chi connectivity index (χ4v) is 2.28. The van der Waals surface area contributed by atoms with Gasteiger partial charge in [-0.05, 0) is 29.3 Å². The summed E-state index contributed by atoms with van der Waals surface area (Å²) in [5.41, 5.74) is 1.94. The van der Waals surface area contributed by atoms with Gasteiger partial charge in [-0.15, -0.1) is 0 Å². The van der Waals surface area contributed by atoms with E-state index in [4.69, 9.17) is 9.47 Å². The van der Waals surface area contributed by atoms with Crippen molar-refractivity contribution in [3.8, 4) is 11.5 Å². The van der Waals surface area contributed by atoms with Crippen molar-refractivity contribution in [3.05, 3.63) is 65.4 Å². The van der Waals surface area contributed by atoms with E-state index in [0.717, 1.165) is 5.56 Å². The van der Waals surface area contributed by atoms with Gasteiger partial charge in [0.25, 0.3) is 5.91 Å². The van der Waals surface area contributed by atoms with Crippen LogP contribution in [0.3, 0.4) is 0 Å². The first-order valence-corrected chi connectivity index (χ1v) is 7.34. The minimum atomic E-state index is -0.527. The second kappa shape index (κ2) is 6.87. The number of hydrogen-bond acceptors (Lipinski definition) is 4.